The third-order valence-corrected chi connectivity index (χ3v) is 7.94. The minimum absolute atomic E-state index is 0.0922. The highest BCUT2D eigenvalue weighted by atomic mass is 32.1. The average molecular weight is 519 g/mol. The third kappa shape index (κ3) is 6.01. The van der Waals surface area contributed by atoms with E-state index in [4.69, 9.17) is 4.74 Å². The Morgan fingerprint density at radius 3 is 2.86 bits per heavy atom. The Morgan fingerprint density at radius 1 is 1.28 bits per heavy atom. The molecule has 2 aromatic heterocycles. The van der Waals surface area contributed by atoms with Crippen LogP contribution in [0.3, 0.4) is 0 Å². The maximum absolute atomic E-state index is 13.1. The number of piperidine rings is 1. The van der Waals surface area contributed by atoms with Crippen molar-refractivity contribution in [3.05, 3.63) is 40.5 Å². The number of nitrogens with zero attached hydrogens (tertiary/aromatic N) is 5. The molecular formula is C25H32F2N6O2S. The van der Waals surface area contributed by atoms with E-state index in [2.05, 4.69) is 20.4 Å². The molecule has 0 saturated carbocycles. The van der Waals surface area contributed by atoms with Gasteiger partial charge in [0, 0.05) is 56.6 Å². The molecule has 1 fully saturated rings. The van der Waals surface area contributed by atoms with E-state index in [1.54, 1.807) is 4.68 Å². The van der Waals surface area contributed by atoms with Crippen molar-refractivity contribution in [3.8, 4) is 5.19 Å². The van der Waals surface area contributed by atoms with Crippen LogP contribution < -0.4 is 10.2 Å². The standard InChI is InChI=1S/C25H32F2N6O2S/c1-25(26,27)16-35-24-28-21-15-32(11-9-22(21)36-24)10-6-17-7-12-33(13-8-17)30-23(34)18-4-3-5-20-19(18)14-31(2)29-20/h3-5,14,17H,6-13,15-16H2,1-2H3,(H,30,34). The lowest BCUT2D eigenvalue weighted by molar-refractivity contribution is -0.0230. The topological polar surface area (TPSA) is 75.5 Å². The van der Waals surface area contributed by atoms with Crippen LogP contribution in [0.2, 0.25) is 0 Å². The van der Waals surface area contributed by atoms with Gasteiger partial charge in [-0.25, -0.2) is 18.8 Å². The number of aryl methyl sites for hydroxylation is 1. The van der Waals surface area contributed by atoms with Gasteiger partial charge in [0.25, 0.3) is 17.0 Å². The molecule has 194 valence electrons. The van der Waals surface area contributed by atoms with Crippen LogP contribution in [0.15, 0.2) is 24.4 Å². The fourth-order valence-corrected chi connectivity index (χ4v) is 5.84. The van der Waals surface area contributed by atoms with Gasteiger partial charge in [-0.05, 0) is 50.3 Å². The van der Waals surface area contributed by atoms with E-state index < -0.39 is 12.5 Å². The second-order valence-corrected chi connectivity index (χ2v) is 11.0. The summed E-state index contributed by atoms with van der Waals surface area (Å²) < 4.78 is 33.1. The van der Waals surface area contributed by atoms with E-state index in [-0.39, 0.29) is 5.91 Å². The fraction of sp³-hybridized carbons (Fsp3) is 0.560. The average Bonchev–Trinajstić information content (AvgIpc) is 3.43. The number of hydrogen-bond acceptors (Lipinski definition) is 7. The number of rotatable bonds is 8. The summed E-state index contributed by atoms with van der Waals surface area (Å²) in [6.45, 7) is 4.56. The molecule has 0 spiro atoms. The van der Waals surface area contributed by atoms with Crippen molar-refractivity contribution < 1.29 is 18.3 Å². The van der Waals surface area contributed by atoms with Crippen molar-refractivity contribution in [2.75, 3.05) is 32.8 Å². The lowest BCUT2D eigenvalue weighted by Crippen LogP contribution is -2.47. The zero-order chi connectivity index (χ0) is 25.3. The van der Waals surface area contributed by atoms with Crippen molar-refractivity contribution in [3.63, 3.8) is 0 Å². The van der Waals surface area contributed by atoms with Gasteiger partial charge in [0.1, 0.15) is 0 Å². The molecule has 5 rings (SSSR count). The molecule has 0 atom stereocenters. The fourth-order valence-electron chi connectivity index (χ4n) is 4.93. The molecule has 1 amide bonds. The summed E-state index contributed by atoms with van der Waals surface area (Å²) in [5, 5.41) is 7.62. The Morgan fingerprint density at radius 2 is 2.08 bits per heavy atom. The van der Waals surface area contributed by atoms with E-state index in [9.17, 15) is 13.6 Å². The number of alkyl halides is 2. The number of aromatic nitrogens is 3. The Hall–Kier alpha value is -2.63. The van der Waals surface area contributed by atoms with Crippen molar-refractivity contribution in [1.82, 2.24) is 30.1 Å². The predicted octanol–water partition coefficient (Wildman–Crippen LogP) is 3.87. The highest BCUT2D eigenvalue weighted by molar-refractivity contribution is 7.13. The highest BCUT2D eigenvalue weighted by Gasteiger charge is 2.27. The normalized spacial score (nSPS) is 17.9. The molecule has 11 heteroatoms. The van der Waals surface area contributed by atoms with Crippen LogP contribution in [-0.2, 0) is 20.0 Å². The molecule has 3 aromatic rings. The Labute approximate surface area is 213 Å². The number of hydrazine groups is 1. The van der Waals surface area contributed by atoms with Crippen molar-refractivity contribution >= 4 is 28.1 Å². The Kier molecular flexibility index (Phi) is 7.23. The molecule has 0 bridgehead atoms. The number of hydrogen-bond donors (Lipinski definition) is 1. The maximum Gasteiger partial charge on any atom is 0.278 e. The third-order valence-electron chi connectivity index (χ3n) is 6.87. The molecule has 0 aliphatic carbocycles. The van der Waals surface area contributed by atoms with E-state index in [0.29, 0.717) is 16.7 Å². The van der Waals surface area contributed by atoms with Crippen LogP contribution >= 0.6 is 11.3 Å². The number of thiazole rings is 1. The first kappa shape index (κ1) is 25.0. The minimum Gasteiger partial charge on any atom is -0.464 e. The molecule has 0 unspecified atom stereocenters. The van der Waals surface area contributed by atoms with Gasteiger partial charge in [0.05, 0.1) is 16.8 Å². The van der Waals surface area contributed by atoms with E-state index >= 15 is 0 Å². The number of benzene rings is 1. The molecule has 1 saturated heterocycles. The van der Waals surface area contributed by atoms with E-state index in [1.165, 1.54) is 11.3 Å². The first-order valence-corrected chi connectivity index (χ1v) is 13.2. The van der Waals surface area contributed by atoms with Crippen molar-refractivity contribution in [2.24, 2.45) is 13.0 Å². The minimum atomic E-state index is -2.86. The first-order valence-electron chi connectivity index (χ1n) is 12.4. The van der Waals surface area contributed by atoms with Crippen LogP contribution in [0, 0.1) is 5.92 Å². The summed E-state index contributed by atoms with van der Waals surface area (Å²) in [5.74, 6) is -2.34. The monoisotopic (exact) mass is 518 g/mol. The van der Waals surface area contributed by atoms with E-state index in [0.717, 1.165) is 86.8 Å². The van der Waals surface area contributed by atoms with Crippen LogP contribution in [0.4, 0.5) is 8.78 Å². The lowest BCUT2D eigenvalue weighted by atomic mass is 9.94. The number of amides is 1. The highest BCUT2D eigenvalue weighted by Crippen LogP contribution is 2.31. The maximum atomic E-state index is 13.1. The molecule has 4 heterocycles. The molecule has 2 aliphatic heterocycles. The molecule has 0 radical (unpaired) electrons. The second-order valence-electron chi connectivity index (χ2n) is 9.94. The zero-order valence-corrected chi connectivity index (χ0v) is 21.5. The van der Waals surface area contributed by atoms with Crippen molar-refractivity contribution in [1.29, 1.82) is 0 Å². The summed E-state index contributed by atoms with van der Waals surface area (Å²) >= 11 is 1.39. The zero-order valence-electron chi connectivity index (χ0n) is 20.7. The largest absolute Gasteiger partial charge is 0.464 e. The smallest absolute Gasteiger partial charge is 0.278 e. The first-order chi connectivity index (χ1) is 17.2. The summed E-state index contributed by atoms with van der Waals surface area (Å²) in [5.41, 5.74) is 5.50. The summed E-state index contributed by atoms with van der Waals surface area (Å²) in [6.07, 6.45) is 5.94. The molecular weight excluding hydrogens is 486 g/mol. The van der Waals surface area contributed by atoms with Gasteiger partial charge in [-0.15, -0.1) is 0 Å². The molecule has 8 nitrogen and oxygen atoms in total. The number of fused-ring (bicyclic) bond motifs is 2. The Balaban J connectivity index is 1.06. The van der Waals surface area contributed by atoms with Gasteiger partial charge < -0.3 is 4.74 Å². The van der Waals surface area contributed by atoms with Gasteiger partial charge in [-0.3, -0.25) is 19.8 Å². The van der Waals surface area contributed by atoms with Crippen LogP contribution in [0.1, 0.15) is 47.1 Å². The lowest BCUT2D eigenvalue weighted by Gasteiger charge is -2.33. The summed E-state index contributed by atoms with van der Waals surface area (Å²) in [7, 11) is 1.86. The number of carbonyl (C=O) groups excluding carboxylic acids is 1. The van der Waals surface area contributed by atoms with Gasteiger partial charge in [0.15, 0.2) is 6.61 Å². The van der Waals surface area contributed by atoms with Gasteiger partial charge in [0.2, 0.25) is 0 Å². The molecule has 1 aromatic carbocycles. The van der Waals surface area contributed by atoms with Crippen LogP contribution in [-0.4, -0.2) is 69.3 Å². The quantitative estimate of drug-likeness (QED) is 0.488. The molecule has 1 N–H and O–H groups in total. The number of nitrogens with one attached hydrogen (secondary N) is 1. The Bertz CT molecular complexity index is 1220. The number of ether oxygens (including phenoxy) is 1. The molecule has 36 heavy (non-hydrogen) atoms. The van der Waals surface area contributed by atoms with E-state index in [1.807, 2.05) is 36.5 Å². The van der Waals surface area contributed by atoms with Gasteiger partial charge in [-0.1, -0.05) is 17.4 Å². The predicted molar refractivity (Wildman–Crippen MR) is 134 cm³/mol. The van der Waals surface area contributed by atoms with Crippen molar-refractivity contribution in [2.45, 2.75) is 45.1 Å². The summed E-state index contributed by atoms with van der Waals surface area (Å²) in [4.78, 5) is 20.9. The SMILES string of the molecule is Cn1cc2c(C(=O)NN3CCC(CCN4CCc5sc(OCC(C)(F)F)nc5C4)CC3)cccc2n1. The van der Waals surface area contributed by atoms with Crippen LogP contribution in [0.25, 0.3) is 10.9 Å². The van der Waals surface area contributed by atoms with Crippen LogP contribution in [0.5, 0.6) is 5.19 Å². The molecule has 2 aliphatic rings. The van der Waals surface area contributed by atoms with Gasteiger partial charge in [-0.2, -0.15) is 5.10 Å². The number of carbonyl (C=O) groups is 1. The summed E-state index contributed by atoms with van der Waals surface area (Å²) in [6, 6.07) is 5.62. The van der Waals surface area contributed by atoms with Gasteiger partial charge >= 0.3 is 0 Å². The second kappa shape index (κ2) is 10.4. The number of halogens is 2.